The van der Waals surface area contributed by atoms with Gasteiger partial charge in [-0.05, 0) is 0 Å². The second-order valence-corrected chi connectivity index (χ2v) is 7.10. The molecule has 0 spiro atoms. The fraction of sp³-hybridized carbons (Fsp3) is 0.143. The van der Waals surface area contributed by atoms with Crippen LogP contribution in [0.3, 0.4) is 0 Å². The number of nitrogens with one attached hydrogen (secondary N) is 1. The van der Waals surface area contributed by atoms with Crippen LogP contribution in [-0.4, -0.2) is 33.9 Å². The molecular formula is C14H7NO4S2. The zero-order chi connectivity index (χ0) is 14.7. The number of thioether (sulfide) groups is 2. The largest absolute Gasteiger partial charge is 0.294 e. The molecular weight excluding hydrogens is 310 g/mol. The highest BCUT2D eigenvalue weighted by Crippen LogP contribution is 2.49. The van der Waals surface area contributed by atoms with Gasteiger partial charge < -0.3 is 0 Å². The van der Waals surface area contributed by atoms with Crippen molar-refractivity contribution in [3.05, 3.63) is 45.2 Å². The van der Waals surface area contributed by atoms with Gasteiger partial charge in [-0.3, -0.25) is 24.5 Å². The van der Waals surface area contributed by atoms with Gasteiger partial charge in [0.15, 0.2) is 0 Å². The molecule has 2 amide bonds. The van der Waals surface area contributed by atoms with Crippen molar-refractivity contribution in [1.29, 1.82) is 0 Å². The molecule has 104 valence electrons. The molecule has 0 saturated carbocycles. The zero-order valence-corrected chi connectivity index (χ0v) is 12.0. The van der Waals surface area contributed by atoms with Gasteiger partial charge >= 0.3 is 0 Å². The summed E-state index contributed by atoms with van der Waals surface area (Å²) in [4.78, 5) is 49.1. The van der Waals surface area contributed by atoms with Crippen LogP contribution in [0, 0.1) is 0 Å². The van der Waals surface area contributed by atoms with Gasteiger partial charge in [0.2, 0.25) is 23.4 Å². The quantitative estimate of drug-likeness (QED) is 0.723. The second kappa shape index (κ2) is 4.32. The maximum absolute atomic E-state index is 12.5. The van der Waals surface area contributed by atoms with Gasteiger partial charge in [0.1, 0.15) is 10.5 Å². The summed E-state index contributed by atoms with van der Waals surface area (Å²) in [5, 5.41) is 0.979. The summed E-state index contributed by atoms with van der Waals surface area (Å²) in [6.07, 6.45) is 0. The Morgan fingerprint density at radius 3 is 1.62 bits per heavy atom. The van der Waals surface area contributed by atoms with Crippen molar-refractivity contribution in [2.75, 3.05) is 0 Å². The van der Waals surface area contributed by atoms with E-state index in [0.29, 0.717) is 11.1 Å². The fourth-order valence-corrected chi connectivity index (χ4v) is 5.36. The molecule has 21 heavy (non-hydrogen) atoms. The Kier molecular flexibility index (Phi) is 2.64. The Hall–Kier alpha value is -1.86. The molecule has 0 bridgehead atoms. The second-order valence-electron chi connectivity index (χ2n) is 4.79. The first kappa shape index (κ1) is 12.8. The first-order chi connectivity index (χ1) is 10.1. The first-order valence-corrected chi connectivity index (χ1v) is 7.94. The van der Waals surface area contributed by atoms with Gasteiger partial charge in [-0.15, -0.1) is 23.5 Å². The Bertz CT molecular complexity index is 720. The van der Waals surface area contributed by atoms with Crippen LogP contribution in [0.5, 0.6) is 0 Å². The molecule has 7 heteroatoms. The van der Waals surface area contributed by atoms with Crippen molar-refractivity contribution < 1.29 is 19.2 Å². The number of allylic oxidation sites excluding steroid dienone is 2. The van der Waals surface area contributed by atoms with E-state index in [0.717, 1.165) is 23.5 Å². The smallest absolute Gasteiger partial charge is 0.241 e. The minimum atomic E-state index is -0.636. The number of benzene rings is 1. The molecule has 2 heterocycles. The number of carbonyl (C=O) groups excluding carboxylic acids is 4. The third-order valence-electron chi connectivity index (χ3n) is 3.56. The van der Waals surface area contributed by atoms with Crippen molar-refractivity contribution in [3.8, 4) is 0 Å². The lowest BCUT2D eigenvalue weighted by molar-refractivity contribution is -0.124. The lowest BCUT2D eigenvalue weighted by Gasteiger charge is -2.28. The molecule has 1 saturated heterocycles. The summed E-state index contributed by atoms with van der Waals surface area (Å²) in [6.45, 7) is 0. The number of ketones is 2. The van der Waals surface area contributed by atoms with Gasteiger partial charge in [0, 0.05) is 11.1 Å². The SMILES string of the molecule is O=C1C2=C(SC3C(=O)NC(=O)C3S2)C(=O)c2ccccc21. The number of carbonyl (C=O) groups is 4. The van der Waals surface area contributed by atoms with E-state index in [-0.39, 0.29) is 21.4 Å². The average molecular weight is 317 g/mol. The minimum Gasteiger partial charge on any atom is -0.294 e. The Morgan fingerprint density at radius 2 is 1.19 bits per heavy atom. The molecule has 2 aliphatic heterocycles. The van der Waals surface area contributed by atoms with Crippen molar-refractivity contribution in [1.82, 2.24) is 5.32 Å². The molecule has 1 aliphatic carbocycles. The standard InChI is InChI=1S/C14H7NO4S2/c16-7-5-3-1-2-4-6(5)8(17)10-9(7)20-11-12(21-10)14(19)15-13(11)18/h1-4,11-12H,(H,15,18,19). The van der Waals surface area contributed by atoms with E-state index in [1.165, 1.54) is 0 Å². The number of Topliss-reactive ketones (excluding diaryl/α,β-unsaturated/α-hetero) is 2. The first-order valence-electron chi connectivity index (χ1n) is 6.18. The Balaban J connectivity index is 1.85. The van der Waals surface area contributed by atoms with Gasteiger partial charge in [-0.25, -0.2) is 0 Å². The summed E-state index contributed by atoms with van der Waals surface area (Å²) in [7, 11) is 0. The van der Waals surface area contributed by atoms with E-state index in [4.69, 9.17) is 0 Å². The Labute approximate surface area is 127 Å². The molecule has 0 aromatic heterocycles. The van der Waals surface area contributed by atoms with E-state index in [9.17, 15) is 19.2 Å². The van der Waals surface area contributed by atoms with Gasteiger partial charge in [0.25, 0.3) is 0 Å². The summed E-state index contributed by atoms with van der Waals surface area (Å²) in [5.41, 5.74) is 0.718. The van der Waals surface area contributed by atoms with E-state index in [1.54, 1.807) is 24.3 Å². The van der Waals surface area contributed by atoms with Crippen LogP contribution >= 0.6 is 23.5 Å². The van der Waals surface area contributed by atoms with Crippen LogP contribution in [0.4, 0.5) is 0 Å². The van der Waals surface area contributed by atoms with Crippen LogP contribution < -0.4 is 5.32 Å². The summed E-state index contributed by atoms with van der Waals surface area (Å²) in [5.74, 6) is -1.28. The molecule has 2 unspecified atom stereocenters. The van der Waals surface area contributed by atoms with Crippen LogP contribution in [0.1, 0.15) is 20.7 Å². The molecule has 4 rings (SSSR count). The predicted molar refractivity (Wildman–Crippen MR) is 78.0 cm³/mol. The molecule has 5 nitrogen and oxygen atoms in total. The molecule has 1 N–H and O–H groups in total. The van der Waals surface area contributed by atoms with E-state index in [1.807, 2.05) is 0 Å². The molecule has 2 atom stereocenters. The third kappa shape index (κ3) is 1.67. The van der Waals surface area contributed by atoms with Crippen LogP contribution in [0.25, 0.3) is 0 Å². The maximum atomic E-state index is 12.5. The van der Waals surface area contributed by atoms with E-state index >= 15 is 0 Å². The number of fused-ring (bicyclic) bond motifs is 2. The highest BCUT2D eigenvalue weighted by Gasteiger charge is 2.50. The highest BCUT2D eigenvalue weighted by molar-refractivity contribution is 8.13. The van der Waals surface area contributed by atoms with Crippen LogP contribution in [0.2, 0.25) is 0 Å². The Morgan fingerprint density at radius 1 is 0.762 bits per heavy atom. The normalized spacial score (nSPS) is 27.2. The lowest BCUT2D eigenvalue weighted by atomic mass is 9.94. The topological polar surface area (TPSA) is 80.3 Å². The van der Waals surface area contributed by atoms with Crippen molar-refractivity contribution in [3.63, 3.8) is 0 Å². The zero-order valence-electron chi connectivity index (χ0n) is 10.4. The molecule has 1 aromatic carbocycles. The van der Waals surface area contributed by atoms with Crippen molar-refractivity contribution in [2.24, 2.45) is 0 Å². The number of rotatable bonds is 0. The molecule has 1 fully saturated rings. The minimum absolute atomic E-state index is 0.247. The van der Waals surface area contributed by atoms with Crippen LogP contribution in [0.15, 0.2) is 34.1 Å². The number of hydrogen-bond acceptors (Lipinski definition) is 6. The lowest BCUT2D eigenvalue weighted by Crippen LogP contribution is -2.32. The monoisotopic (exact) mass is 317 g/mol. The van der Waals surface area contributed by atoms with Gasteiger partial charge in [0.05, 0.1) is 9.81 Å². The van der Waals surface area contributed by atoms with Gasteiger partial charge in [-0.1, -0.05) is 24.3 Å². The highest BCUT2D eigenvalue weighted by atomic mass is 32.2. The van der Waals surface area contributed by atoms with Gasteiger partial charge in [-0.2, -0.15) is 0 Å². The number of hydrogen-bond donors (Lipinski definition) is 1. The number of imide groups is 1. The fourth-order valence-electron chi connectivity index (χ4n) is 2.57. The van der Waals surface area contributed by atoms with Crippen LogP contribution in [-0.2, 0) is 9.59 Å². The maximum Gasteiger partial charge on any atom is 0.241 e. The average Bonchev–Trinajstić information content (AvgIpc) is 2.78. The number of amides is 2. The third-order valence-corrected chi connectivity index (χ3v) is 6.60. The van der Waals surface area contributed by atoms with Crippen molar-refractivity contribution in [2.45, 2.75) is 10.5 Å². The van der Waals surface area contributed by atoms with E-state index in [2.05, 4.69) is 5.32 Å². The van der Waals surface area contributed by atoms with E-state index < -0.39 is 22.3 Å². The van der Waals surface area contributed by atoms with Crippen molar-refractivity contribution >= 4 is 46.9 Å². The molecule has 3 aliphatic rings. The summed E-state index contributed by atoms with van der Waals surface area (Å²) >= 11 is 2.06. The molecule has 1 aromatic rings. The summed E-state index contributed by atoms with van der Waals surface area (Å²) < 4.78 is 0. The molecule has 0 radical (unpaired) electrons. The predicted octanol–water partition coefficient (Wildman–Crippen LogP) is 1.15. The summed E-state index contributed by atoms with van der Waals surface area (Å²) in [6, 6.07) is 6.61.